The summed E-state index contributed by atoms with van der Waals surface area (Å²) in [4.78, 5) is 19.6. The van der Waals surface area contributed by atoms with Crippen molar-refractivity contribution in [3.63, 3.8) is 0 Å². The summed E-state index contributed by atoms with van der Waals surface area (Å²) in [5, 5.41) is 6.65. The summed E-state index contributed by atoms with van der Waals surface area (Å²) >= 11 is 8.03. The van der Waals surface area contributed by atoms with Gasteiger partial charge in [0.05, 0.1) is 34.6 Å². The van der Waals surface area contributed by atoms with Crippen LogP contribution in [0, 0.1) is 12.8 Å². The Labute approximate surface area is 173 Å². The van der Waals surface area contributed by atoms with Crippen LogP contribution in [0.4, 0.5) is 5.69 Å². The topological polar surface area (TPSA) is 63.7 Å². The van der Waals surface area contributed by atoms with Crippen LogP contribution in [0.15, 0.2) is 17.5 Å². The summed E-state index contributed by atoms with van der Waals surface area (Å²) < 4.78 is 11.3. The van der Waals surface area contributed by atoms with Crippen LogP contribution >= 0.6 is 22.9 Å². The molecule has 2 aliphatic rings. The Morgan fingerprint density at radius 1 is 1.29 bits per heavy atom. The van der Waals surface area contributed by atoms with Crippen LogP contribution in [0.2, 0.25) is 5.02 Å². The number of thiazole rings is 1. The second-order valence-corrected chi connectivity index (χ2v) is 8.70. The lowest BCUT2D eigenvalue weighted by molar-refractivity contribution is -0.121. The Morgan fingerprint density at radius 2 is 2.00 bits per heavy atom. The molecule has 0 bridgehead atoms. The fraction of sp³-hybridized carbons (Fsp3) is 0.500. The van der Waals surface area contributed by atoms with Gasteiger partial charge in [0.2, 0.25) is 5.91 Å². The first-order valence-corrected chi connectivity index (χ1v) is 10.9. The number of anilines is 1. The van der Waals surface area contributed by atoms with Gasteiger partial charge in [0.15, 0.2) is 11.5 Å². The second-order valence-electron chi connectivity index (χ2n) is 7.23. The first-order chi connectivity index (χ1) is 13.6. The minimum Gasteiger partial charge on any atom is -0.490 e. The molecular weight excluding hydrogens is 398 g/mol. The molecule has 0 atom stereocenters. The predicted molar refractivity (Wildman–Crippen MR) is 111 cm³/mol. The molecule has 1 amide bonds. The van der Waals surface area contributed by atoms with Gasteiger partial charge in [-0.15, -0.1) is 11.3 Å². The lowest BCUT2D eigenvalue weighted by Gasteiger charge is -2.30. The highest BCUT2D eigenvalue weighted by atomic mass is 35.5. The van der Waals surface area contributed by atoms with Gasteiger partial charge in [-0.2, -0.15) is 0 Å². The number of piperidine rings is 1. The van der Waals surface area contributed by atoms with Gasteiger partial charge >= 0.3 is 0 Å². The normalized spacial score (nSPS) is 17.9. The molecule has 2 aliphatic heterocycles. The van der Waals surface area contributed by atoms with Gasteiger partial charge in [-0.3, -0.25) is 9.69 Å². The van der Waals surface area contributed by atoms with Crippen molar-refractivity contribution >= 4 is 34.5 Å². The molecule has 0 unspecified atom stereocenters. The maximum Gasteiger partial charge on any atom is 0.227 e. The fourth-order valence-corrected chi connectivity index (χ4v) is 4.38. The van der Waals surface area contributed by atoms with Gasteiger partial charge in [0.25, 0.3) is 0 Å². The van der Waals surface area contributed by atoms with E-state index in [-0.39, 0.29) is 11.8 Å². The zero-order chi connectivity index (χ0) is 19.5. The van der Waals surface area contributed by atoms with E-state index < -0.39 is 0 Å². The molecule has 1 fully saturated rings. The number of carbonyl (C=O) groups excluding carboxylic acids is 1. The summed E-state index contributed by atoms with van der Waals surface area (Å²) in [5.74, 6) is 1.26. The zero-order valence-electron chi connectivity index (χ0n) is 15.9. The van der Waals surface area contributed by atoms with E-state index in [9.17, 15) is 4.79 Å². The van der Waals surface area contributed by atoms with Gasteiger partial charge in [0, 0.05) is 36.4 Å². The number of amides is 1. The highest BCUT2D eigenvalue weighted by Gasteiger charge is 2.26. The van der Waals surface area contributed by atoms with E-state index in [0.29, 0.717) is 35.4 Å². The van der Waals surface area contributed by atoms with Crippen LogP contribution in [0.1, 0.15) is 30.0 Å². The molecule has 2 aromatic rings. The fourth-order valence-electron chi connectivity index (χ4n) is 3.58. The van der Waals surface area contributed by atoms with Crippen molar-refractivity contribution in [1.82, 2.24) is 9.88 Å². The molecule has 0 radical (unpaired) electrons. The highest BCUT2D eigenvalue weighted by Crippen LogP contribution is 2.38. The summed E-state index contributed by atoms with van der Waals surface area (Å²) in [6.45, 7) is 5.86. The Hall–Kier alpha value is -1.83. The number of fused-ring (bicyclic) bond motifs is 1. The summed E-state index contributed by atoms with van der Waals surface area (Å²) in [5.41, 5.74) is 1.70. The number of halogens is 1. The first kappa shape index (κ1) is 19.5. The number of ether oxygens (including phenoxy) is 2. The molecule has 0 spiro atoms. The highest BCUT2D eigenvalue weighted by molar-refractivity contribution is 7.09. The van der Waals surface area contributed by atoms with E-state index in [4.69, 9.17) is 21.1 Å². The van der Waals surface area contributed by atoms with E-state index in [1.165, 1.54) is 0 Å². The SMILES string of the molecule is Cc1nc(CN2CCC(C(=O)Nc3cc4c(cc3Cl)OCCCO4)CC2)cs1. The van der Waals surface area contributed by atoms with Crippen molar-refractivity contribution in [1.29, 1.82) is 0 Å². The number of likely N-dealkylation sites (tertiary alicyclic amines) is 1. The number of aryl methyl sites for hydroxylation is 1. The molecule has 6 nitrogen and oxygen atoms in total. The first-order valence-electron chi connectivity index (χ1n) is 9.62. The smallest absolute Gasteiger partial charge is 0.227 e. The average molecular weight is 422 g/mol. The molecule has 28 heavy (non-hydrogen) atoms. The lowest BCUT2D eigenvalue weighted by atomic mass is 9.95. The molecule has 1 N–H and O–H groups in total. The van der Waals surface area contributed by atoms with Crippen molar-refractivity contribution in [2.75, 3.05) is 31.6 Å². The van der Waals surface area contributed by atoms with E-state index in [1.807, 2.05) is 6.92 Å². The summed E-state index contributed by atoms with van der Waals surface area (Å²) in [6, 6.07) is 3.48. The third kappa shape index (κ3) is 4.59. The molecule has 3 heterocycles. The molecule has 0 saturated carbocycles. The third-order valence-corrected chi connectivity index (χ3v) is 6.24. The number of carbonyl (C=O) groups is 1. The molecule has 1 aromatic heterocycles. The maximum atomic E-state index is 12.8. The van der Waals surface area contributed by atoms with Crippen LogP contribution < -0.4 is 14.8 Å². The van der Waals surface area contributed by atoms with Crippen LogP contribution in [-0.4, -0.2) is 42.1 Å². The molecule has 1 saturated heterocycles. The van der Waals surface area contributed by atoms with Crippen molar-refractivity contribution in [2.24, 2.45) is 5.92 Å². The Morgan fingerprint density at radius 3 is 2.68 bits per heavy atom. The number of benzene rings is 1. The van der Waals surface area contributed by atoms with Crippen LogP contribution in [0.5, 0.6) is 11.5 Å². The maximum absolute atomic E-state index is 12.8. The van der Waals surface area contributed by atoms with Crippen molar-refractivity contribution < 1.29 is 14.3 Å². The predicted octanol–water partition coefficient (Wildman–Crippen LogP) is 4.12. The molecule has 1 aromatic carbocycles. The molecule has 4 rings (SSSR count). The quantitative estimate of drug-likeness (QED) is 0.804. The van der Waals surface area contributed by atoms with Gasteiger partial charge < -0.3 is 14.8 Å². The number of nitrogens with one attached hydrogen (secondary N) is 1. The standard InChI is InChI=1S/C20H24ClN3O3S/c1-13-22-15(12-28-13)11-24-5-3-14(4-6-24)20(25)23-17-10-19-18(9-16(17)21)26-7-2-8-27-19/h9-10,12,14H,2-8,11H2,1H3,(H,23,25). The number of nitrogens with zero attached hydrogens (tertiary/aromatic N) is 2. The molecule has 8 heteroatoms. The lowest BCUT2D eigenvalue weighted by Crippen LogP contribution is -2.37. The number of rotatable bonds is 4. The number of aromatic nitrogens is 1. The van der Waals surface area contributed by atoms with Gasteiger partial charge in [0.1, 0.15) is 0 Å². The minimum absolute atomic E-state index is 0.0135. The van der Waals surface area contributed by atoms with Crippen LogP contribution in [-0.2, 0) is 11.3 Å². The largest absolute Gasteiger partial charge is 0.490 e. The monoisotopic (exact) mass is 421 g/mol. The zero-order valence-corrected chi connectivity index (χ0v) is 17.4. The van der Waals surface area contributed by atoms with E-state index >= 15 is 0 Å². The summed E-state index contributed by atoms with van der Waals surface area (Å²) in [7, 11) is 0. The Kier molecular flexibility index (Phi) is 6.04. The van der Waals surface area contributed by atoms with Crippen molar-refractivity contribution in [3.05, 3.63) is 33.2 Å². The number of hydrogen-bond acceptors (Lipinski definition) is 6. The minimum atomic E-state index is -0.0135. The molecular formula is C20H24ClN3O3S. The van der Waals surface area contributed by atoms with Gasteiger partial charge in [-0.25, -0.2) is 4.98 Å². The van der Waals surface area contributed by atoms with Gasteiger partial charge in [-0.05, 0) is 32.9 Å². The Bertz CT molecular complexity index is 849. The number of hydrogen-bond donors (Lipinski definition) is 1. The van der Waals surface area contributed by atoms with Crippen LogP contribution in [0.3, 0.4) is 0 Å². The average Bonchev–Trinajstić information content (AvgIpc) is 2.95. The molecule has 0 aliphatic carbocycles. The van der Waals surface area contributed by atoms with E-state index in [1.54, 1.807) is 23.5 Å². The van der Waals surface area contributed by atoms with E-state index in [0.717, 1.165) is 49.6 Å². The third-order valence-electron chi connectivity index (χ3n) is 5.11. The second kappa shape index (κ2) is 8.68. The summed E-state index contributed by atoms with van der Waals surface area (Å²) in [6.07, 6.45) is 2.49. The Balaban J connectivity index is 1.34. The van der Waals surface area contributed by atoms with Crippen molar-refractivity contribution in [2.45, 2.75) is 32.7 Å². The van der Waals surface area contributed by atoms with Crippen LogP contribution in [0.25, 0.3) is 0 Å². The van der Waals surface area contributed by atoms with Gasteiger partial charge in [-0.1, -0.05) is 11.6 Å². The van der Waals surface area contributed by atoms with Crippen molar-refractivity contribution in [3.8, 4) is 11.5 Å². The molecule has 150 valence electrons. The van der Waals surface area contributed by atoms with E-state index in [2.05, 4.69) is 20.6 Å².